The highest BCUT2D eigenvalue weighted by Crippen LogP contribution is 2.33. The molecule has 0 fully saturated rings. The van der Waals surface area contributed by atoms with E-state index in [1.54, 1.807) is 6.07 Å². The van der Waals surface area contributed by atoms with Crippen molar-refractivity contribution in [2.75, 3.05) is 20.2 Å². The molecule has 1 heterocycles. The van der Waals surface area contributed by atoms with E-state index < -0.39 is 16.1 Å². The lowest BCUT2D eigenvalue weighted by atomic mass is 10.1. The number of carbonyl (C=O) groups excluding carboxylic acids is 1. The number of thiophene rings is 1. The molecule has 0 radical (unpaired) electrons. The molecule has 6 nitrogen and oxygen atoms in total. The van der Waals surface area contributed by atoms with Gasteiger partial charge in [-0.05, 0) is 37.3 Å². The highest BCUT2D eigenvalue weighted by atomic mass is 35.5. The highest BCUT2D eigenvalue weighted by molar-refractivity contribution is 7.91. The molecule has 1 rings (SSSR count). The fraction of sp³-hybridized carbons (Fsp3) is 0.688. The molecule has 1 aromatic heterocycles. The lowest BCUT2D eigenvalue weighted by Gasteiger charge is -2.17. The van der Waals surface area contributed by atoms with Crippen molar-refractivity contribution >= 4 is 38.9 Å². The Labute approximate surface area is 158 Å². The summed E-state index contributed by atoms with van der Waals surface area (Å²) in [5, 5.41) is 9.37. The second-order valence-corrected chi connectivity index (χ2v) is 10.4. The van der Waals surface area contributed by atoms with Crippen LogP contribution in [0, 0.1) is 5.92 Å². The molecular weight excluding hydrogens is 386 g/mol. The number of nitrogens with zero attached hydrogens (tertiary/aromatic N) is 1. The number of rotatable bonds is 10. The minimum Gasteiger partial charge on any atom is -0.465 e. The van der Waals surface area contributed by atoms with Gasteiger partial charge in [0, 0.05) is 20.0 Å². The zero-order valence-electron chi connectivity index (χ0n) is 15.0. The van der Waals surface area contributed by atoms with Gasteiger partial charge in [0.05, 0.1) is 17.0 Å². The summed E-state index contributed by atoms with van der Waals surface area (Å²) in [7, 11) is -2.26. The maximum Gasteiger partial charge on any atom is 0.305 e. The van der Waals surface area contributed by atoms with Crippen LogP contribution in [-0.2, 0) is 26.0 Å². The molecule has 0 aliphatic rings. The van der Waals surface area contributed by atoms with Crippen LogP contribution in [0.25, 0.3) is 0 Å². The number of aliphatic hydroxyl groups excluding tert-OH is 1. The molecule has 0 aromatic carbocycles. The maximum atomic E-state index is 12.5. The van der Waals surface area contributed by atoms with E-state index in [9.17, 15) is 18.3 Å². The van der Waals surface area contributed by atoms with Crippen molar-refractivity contribution in [3.8, 4) is 0 Å². The Morgan fingerprint density at radius 1 is 1.40 bits per heavy atom. The van der Waals surface area contributed by atoms with Crippen LogP contribution < -0.4 is 0 Å². The number of hydrogen-bond donors (Lipinski definition) is 1. The van der Waals surface area contributed by atoms with E-state index in [4.69, 9.17) is 16.3 Å². The van der Waals surface area contributed by atoms with Gasteiger partial charge in [-0.3, -0.25) is 4.79 Å². The fourth-order valence-electron chi connectivity index (χ4n) is 2.06. The van der Waals surface area contributed by atoms with Gasteiger partial charge in [-0.15, -0.1) is 11.3 Å². The number of sulfonamides is 1. The molecule has 0 bridgehead atoms. The number of hydrogen-bond acceptors (Lipinski definition) is 6. The van der Waals surface area contributed by atoms with E-state index >= 15 is 0 Å². The van der Waals surface area contributed by atoms with Crippen LogP contribution in [0.1, 0.15) is 39.2 Å². The van der Waals surface area contributed by atoms with Crippen molar-refractivity contribution in [2.45, 2.75) is 50.3 Å². The van der Waals surface area contributed by atoms with Crippen LogP contribution in [0.5, 0.6) is 0 Å². The summed E-state index contributed by atoms with van der Waals surface area (Å²) in [6.07, 6.45) is 0.549. The predicted octanol–water partition coefficient (Wildman–Crippen LogP) is 2.92. The fourth-order valence-corrected chi connectivity index (χ4v) is 5.33. The third-order valence-corrected chi connectivity index (χ3v) is 7.04. The lowest BCUT2D eigenvalue weighted by Crippen LogP contribution is -2.32. The van der Waals surface area contributed by atoms with E-state index in [2.05, 4.69) is 0 Å². The molecule has 0 aliphatic carbocycles. The van der Waals surface area contributed by atoms with Gasteiger partial charge in [0.15, 0.2) is 0 Å². The lowest BCUT2D eigenvalue weighted by molar-refractivity contribution is -0.144. The third-order valence-electron chi connectivity index (χ3n) is 3.33. The summed E-state index contributed by atoms with van der Waals surface area (Å²) in [6.45, 7) is 5.87. The number of carbonyl (C=O) groups is 1. The Morgan fingerprint density at radius 2 is 2.04 bits per heavy atom. The summed E-state index contributed by atoms with van der Waals surface area (Å²) in [4.78, 5) is 11.6. The van der Waals surface area contributed by atoms with Crippen LogP contribution in [-0.4, -0.2) is 50.1 Å². The van der Waals surface area contributed by atoms with Gasteiger partial charge in [-0.2, -0.15) is 4.31 Å². The first-order chi connectivity index (χ1) is 11.5. The van der Waals surface area contributed by atoms with Crippen LogP contribution in [0.15, 0.2) is 10.3 Å². The molecule has 1 aromatic rings. The summed E-state index contributed by atoms with van der Waals surface area (Å²) in [6, 6.07) is 1.54. The van der Waals surface area contributed by atoms with Crippen molar-refractivity contribution in [1.29, 1.82) is 0 Å². The second-order valence-electron chi connectivity index (χ2n) is 6.43. The largest absolute Gasteiger partial charge is 0.465 e. The monoisotopic (exact) mass is 411 g/mol. The first-order valence-electron chi connectivity index (χ1n) is 8.12. The molecule has 0 unspecified atom stereocenters. The average molecular weight is 412 g/mol. The molecule has 25 heavy (non-hydrogen) atoms. The Morgan fingerprint density at radius 3 is 2.60 bits per heavy atom. The Bertz CT molecular complexity index is 670. The van der Waals surface area contributed by atoms with Gasteiger partial charge in [0.2, 0.25) is 0 Å². The maximum absolute atomic E-state index is 12.5. The van der Waals surface area contributed by atoms with Gasteiger partial charge in [-0.25, -0.2) is 8.42 Å². The van der Waals surface area contributed by atoms with Gasteiger partial charge in [0.1, 0.15) is 4.21 Å². The quantitative estimate of drug-likeness (QED) is 0.598. The Kier molecular flexibility index (Phi) is 8.83. The van der Waals surface area contributed by atoms with Gasteiger partial charge < -0.3 is 9.84 Å². The molecule has 0 saturated heterocycles. The van der Waals surface area contributed by atoms with E-state index in [1.807, 2.05) is 13.8 Å². The first-order valence-corrected chi connectivity index (χ1v) is 10.8. The Hall–Kier alpha value is -0.670. The predicted molar refractivity (Wildman–Crippen MR) is 99.6 cm³/mol. The number of aliphatic hydroxyl groups is 1. The Balaban J connectivity index is 2.66. The van der Waals surface area contributed by atoms with Gasteiger partial charge in [0.25, 0.3) is 10.0 Å². The SMILES string of the molecule is CC(C)COC(=O)CCCc1cc(S(=O)(=O)N(C)C[C@H](C)O)sc1Cl. The van der Waals surface area contributed by atoms with Crippen LogP contribution >= 0.6 is 22.9 Å². The third kappa shape index (κ3) is 7.22. The number of aryl methyl sites for hydroxylation is 1. The standard InChI is InChI=1S/C16H26ClNO5S2/c1-11(2)10-23-14(20)7-5-6-13-8-15(24-16(13)17)25(21,22)18(4)9-12(3)19/h8,11-12,19H,5-7,9-10H2,1-4H3/t12-/m0/s1. The minimum atomic E-state index is -3.68. The number of likely N-dealkylation sites (N-methyl/N-ethyl adjacent to an activating group) is 1. The van der Waals surface area contributed by atoms with Gasteiger partial charge >= 0.3 is 5.97 Å². The van der Waals surface area contributed by atoms with Crippen molar-refractivity contribution in [2.24, 2.45) is 5.92 Å². The van der Waals surface area contributed by atoms with Crippen molar-refractivity contribution in [3.63, 3.8) is 0 Å². The van der Waals surface area contributed by atoms with Gasteiger partial charge in [-0.1, -0.05) is 25.4 Å². The normalized spacial score (nSPS) is 13.4. The molecule has 0 amide bonds. The molecule has 9 heteroatoms. The van der Waals surface area contributed by atoms with Crippen molar-refractivity contribution in [3.05, 3.63) is 16.0 Å². The van der Waals surface area contributed by atoms with E-state index in [-0.39, 0.29) is 23.1 Å². The molecule has 0 saturated carbocycles. The molecule has 1 atom stereocenters. The summed E-state index contributed by atoms with van der Waals surface area (Å²) in [5.74, 6) is 0.0335. The second kappa shape index (κ2) is 9.87. The van der Waals surface area contributed by atoms with Crippen LogP contribution in [0.4, 0.5) is 0 Å². The molecule has 1 N–H and O–H groups in total. The zero-order chi connectivity index (χ0) is 19.2. The van der Waals surface area contributed by atoms with E-state index in [0.29, 0.717) is 35.3 Å². The van der Waals surface area contributed by atoms with Crippen LogP contribution in [0.3, 0.4) is 0 Å². The number of ether oxygens (including phenoxy) is 1. The smallest absolute Gasteiger partial charge is 0.305 e. The molecule has 0 aliphatic heterocycles. The zero-order valence-corrected chi connectivity index (χ0v) is 17.4. The molecular formula is C16H26ClNO5S2. The van der Waals surface area contributed by atoms with Crippen molar-refractivity contribution in [1.82, 2.24) is 4.31 Å². The first kappa shape index (κ1) is 22.4. The van der Waals surface area contributed by atoms with Crippen molar-refractivity contribution < 1.29 is 23.1 Å². The number of halogens is 1. The minimum absolute atomic E-state index is 0.00881. The summed E-state index contributed by atoms with van der Waals surface area (Å²) < 4.78 is 31.7. The molecule has 144 valence electrons. The number of esters is 1. The highest BCUT2D eigenvalue weighted by Gasteiger charge is 2.25. The van der Waals surface area contributed by atoms with E-state index in [0.717, 1.165) is 15.6 Å². The topological polar surface area (TPSA) is 83.9 Å². The average Bonchev–Trinajstić information content (AvgIpc) is 2.86. The summed E-state index contributed by atoms with van der Waals surface area (Å²) in [5.41, 5.74) is 0.701. The van der Waals surface area contributed by atoms with E-state index in [1.165, 1.54) is 14.0 Å². The van der Waals surface area contributed by atoms with Crippen LogP contribution in [0.2, 0.25) is 4.34 Å². The molecule has 0 spiro atoms. The summed E-state index contributed by atoms with van der Waals surface area (Å²) >= 11 is 7.14.